The number of hydrogen-bond donors (Lipinski definition) is 3. The van der Waals surface area contributed by atoms with Crippen molar-refractivity contribution in [3.8, 4) is 5.75 Å². The summed E-state index contributed by atoms with van der Waals surface area (Å²) in [6.07, 6.45) is -0.812. The van der Waals surface area contributed by atoms with E-state index in [-0.39, 0.29) is 28.6 Å². The zero-order chi connectivity index (χ0) is 26.7. The van der Waals surface area contributed by atoms with Gasteiger partial charge in [-0.05, 0) is 65.4 Å². The van der Waals surface area contributed by atoms with Gasteiger partial charge in [0.25, 0.3) is 0 Å². The molecule has 0 spiro atoms. The van der Waals surface area contributed by atoms with E-state index in [2.05, 4.69) is 0 Å². The van der Waals surface area contributed by atoms with Gasteiger partial charge in [-0.1, -0.05) is 62.7 Å². The molecule has 2 atom stereocenters. The van der Waals surface area contributed by atoms with E-state index >= 15 is 0 Å². The van der Waals surface area contributed by atoms with Crippen LogP contribution in [0.5, 0.6) is 5.75 Å². The molecule has 0 bridgehead atoms. The van der Waals surface area contributed by atoms with Crippen molar-refractivity contribution in [2.45, 2.75) is 48.5 Å². The fraction of sp³-hybridized carbons (Fsp3) is 0.296. The average Bonchev–Trinajstić information content (AvgIpc) is 2.81. The molecule has 0 aliphatic heterocycles. The lowest BCUT2D eigenvalue weighted by molar-refractivity contribution is -0.0794. The monoisotopic (exact) mass is 531 g/mol. The number of amides is 1. The van der Waals surface area contributed by atoms with Crippen molar-refractivity contribution < 1.29 is 28.2 Å². The molecular formula is C27H30ClNO6S. The Morgan fingerprint density at radius 2 is 1.64 bits per heavy atom. The lowest BCUT2D eigenvalue weighted by Crippen LogP contribution is -2.42. The van der Waals surface area contributed by atoms with Gasteiger partial charge in [0.2, 0.25) is 9.84 Å². The molecule has 0 radical (unpaired) electrons. The fourth-order valence-electron chi connectivity index (χ4n) is 4.12. The Hall–Kier alpha value is -3.07. The Morgan fingerprint density at radius 3 is 2.19 bits per heavy atom. The highest BCUT2D eigenvalue weighted by atomic mass is 35.5. The first-order chi connectivity index (χ1) is 16.7. The number of aromatic hydroxyl groups is 1. The quantitative estimate of drug-likeness (QED) is 0.358. The number of carbonyl (C=O) groups excluding carboxylic acids is 1. The van der Waals surface area contributed by atoms with Crippen molar-refractivity contribution in [3.05, 3.63) is 88.9 Å². The topological polar surface area (TPSA) is 127 Å². The lowest BCUT2D eigenvalue weighted by atomic mass is 9.67. The van der Waals surface area contributed by atoms with Crippen LogP contribution in [0.2, 0.25) is 5.02 Å². The number of rotatable bonds is 8. The first-order valence-electron chi connectivity index (χ1n) is 11.3. The molecular weight excluding hydrogens is 502 g/mol. The summed E-state index contributed by atoms with van der Waals surface area (Å²) in [5.74, 6) is -0.669. The molecule has 0 saturated carbocycles. The molecule has 3 aromatic carbocycles. The van der Waals surface area contributed by atoms with Crippen LogP contribution in [0, 0.1) is 5.41 Å². The van der Waals surface area contributed by atoms with E-state index in [0.29, 0.717) is 16.1 Å². The number of hydrogen-bond acceptors (Lipinski definition) is 6. The second-order valence-corrected chi connectivity index (χ2v) is 12.1. The van der Waals surface area contributed by atoms with Crippen molar-refractivity contribution >= 4 is 27.5 Å². The third kappa shape index (κ3) is 6.00. The molecule has 3 rings (SSSR count). The Labute approximate surface area is 216 Å². The highest BCUT2D eigenvalue weighted by Crippen LogP contribution is 2.46. The largest absolute Gasteiger partial charge is 0.508 e. The van der Waals surface area contributed by atoms with Crippen molar-refractivity contribution in [2.75, 3.05) is 6.61 Å². The van der Waals surface area contributed by atoms with E-state index in [9.17, 15) is 23.4 Å². The number of ether oxygens (including phenoxy) is 1. The van der Waals surface area contributed by atoms with Gasteiger partial charge in [0.15, 0.2) is 0 Å². The Kier molecular flexibility index (Phi) is 8.03. The van der Waals surface area contributed by atoms with Crippen molar-refractivity contribution in [1.82, 2.24) is 0 Å². The molecule has 3 aromatic rings. The Bertz CT molecular complexity index is 1330. The van der Waals surface area contributed by atoms with Gasteiger partial charge >= 0.3 is 6.09 Å². The highest BCUT2D eigenvalue weighted by Gasteiger charge is 2.44. The SMILES string of the molecule is CC(C)(C)[C@](O)(CC(COC(N)=O)c1ccc(S(=O)(=O)c2cccc(O)c2)cc1)c1cccc(Cl)c1. The fourth-order valence-corrected chi connectivity index (χ4v) is 5.61. The number of sulfone groups is 1. The Balaban J connectivity index is 2.01. The zero-order valence-electron chi connectivity index (χ0n) is 20.3. The molecule has 192 valence electrons. The summed E-state index contributed by atoms with van der Waals surface area (Å²) in [4.78, 5) is 11.4. The minimum absolute atomic E-state index is 0.0346. The minimum Gasteiger partial charge on any atom is -0.508 e. The number of aliphatic hydroxyl groups is 1. The van der Waals surface area contributed by atoms with Crippen molar-refractivity contribution in [1.29, 1.82) is 0 Å². The van der Waals surface area contributed by atoms with Crippen molar-refractivity contribution in [3.63, 3.8) is 0 Å². The zero-order valence-corrected chi connectivity index (χ0v) is 21.9. The van der Waals surface area contributed by atoms with Crippen LogP contribution in [0.3, 0.4) is 0 Å². The minimum atomic E-state index is -3.87. The maximum Gasteiger partial charge on any atom is 0.404 e. The number of phenolic OH excluding ortho intramolecular Hbond substituents is 1. The van der Waals surface area contributed by atoms with Crippen molar-refractivity contribution in [2.24, 2.45) is 11.1 Å². The van der Waals surface area contributed by atoms with Crippen LogP contribution in [0.25, 0.3) is 0 Å². The summed E-state index contributed by atoms with van der Waals surface area (Å²) in [7, 11) is -3.87. The van der Waals surface area contributed by atoms with Crippen LogP contribution >= 0.6 is 11.6 Å². The van der Waals surface area contributed by atoms with Gasteiger partial charge in [0, 0.05) is 10.9 Å². The molecule has 0 fully saturated rings. The number of nitrogens with two attached hydrogens (primary N) is 1. The van der Waals surface area contributed by atoms with E-state index < -0.39 is 32.9 Å². The molecule has 1 amide bonds. The van der Waals surface area contributed by atoms with E-state index in [1.165, 1.54) is 36.4 Å². The number of phenols is 1. The first-order valence-corrected chi connectivity index (χ1v) is 13.1. The summed E-state index contributed by atoms with van der Waals surface area (Å²) in [5, 5.41) is 22.1. The Morgan fingerprint density at radius 1 is 1.00 bits per heavy atom. The third-order valence-electron chi connectivity index (χ3n) is 6.30. The predicted molar refractivity (Wildman–Crippen MR) is 138 cm³/mol. The van der Waals surface area contributed by atoms with E-state index in [0.717, 1.165) is 0 Å². The molecule has 1 unspecified atom stereocenters. The molecule has 0 heterocycles. The summed E-state index contributed by atoms with van der Waals surface area (Å²) < 4.78 is 31.1. The maximum atomic E-state index is 13.0. The van der Waals surface area contributed by atoms with E-state index in [1.807, 2.05) is 20.8 Å². The number of benzene rings is 3. The summed E-state index contributed by atoms with van der Waals surface area (Å²) >= 11 is 6.21. The number of carbonyl (C=O) groups is 1. The van der Waals surface area contributed by atoms with E-state index in [4.69, 9.17) is 22.1 Å². The normalized spacial score (nSPS) is 14.6. The lowest BCUT2D eigenvalue weighted by Gasteiger charge is -2.43. The molecule has 9 heteroatoms. The van der Waals surface area contributed by atoms with Crippen LogP contribution in [0.15, 0.2) is 82.6 Å². The van der Waals surface area contributed by atoms with Crippen LogP contribution in [0.4, 0.5) is 4.79 Å². The van der Waals surface area contributed by atoms with Gasteiger partial charge in [-0.25, -0.2) is 13.2 Å². The smallest absolute Gasteiger partial charge is 0.404 e. The first kappa shape index (κ1) is 27.5. The average molecular weight is 532 g/mol. The summed E-state index contributed by atoms with van der Waals surface area (Å²) in [5.41, 5.74) is 4.45. The summed E-state index contributed by atoms with van der Waals surface area (Å²) in [6.45, 7) is 5.56. The molecule has 7 nitrogen and oxygen atoms in total. The second-order valence-electron chi connectivity index (χ2n) is 9.72. The van der Waals surface area contributed by atoms with Gasteiger partial charge in [-0.15, -0.1) is 0 Å². The highest BCUT2D eigenvalue weighted by molar-refractivity contribution is 7.91. The van der Waals surface area contributed by atoms with Gasteiger partial charge in [-0.2, -0.15) is 0 Å². The molecule has 0 aliphatic rings. The van der Waals surface area contributed by atoms with Gasteiger partial charge in [0.05, 0.1) is 15.4 Å². The second kappa shape index (κ2) is 10.5. The number of halogens is 1. The van der Waals surface area contributed by atoms with Crippen LogP contribution in [0.1, 0.15) is 44.2 Å². The standard InChI is InChI=1S/C27H30ClNO6S/c1-26(2,3)27(32,20-6-4-7-21(28)14-20)16-19(17-35-25(29)31)18-10-12-23(13-11-18)36(33,34)24-9-5-8-22(30)15-24/h4-15,19,30,32H,16-17H2,1-3H3,(H2,29,31)/t19?,27-/m0/s1. The van der Waals surface area contributed by atoms with Gasteiger partial charge in [0.1, 0.15) is 12.4 Å². The predicted octanol–water partition coefficient (Wildman–Crippen LogP) is 5.38. The number of primary amides is 1. The third-order valence-corrected chi connectivity index (χ3v) is 8.30. The summed E-state index contributed by atoms with van der Waals surface area (Å²) in [6, 6.07) is 18.5. The molecule has 0 aliphatic carbocycles. The van der Waals surface area contributed by atoms with Crippen LogP contribution in [-0.4, -0.2) is 31.3 Å². The molecule has 0 aromatic heterocycles. The van der Waals surface area contributed by atoms with Crippen LogP contribution in [-0.2, 0) is 20.2 Å². The van der Waals surface area contributed by atoms with Gasteiger partial charge < -0.3 is 20.7 Å². The molecule has 36 heavy (non-hydrogen) atoms. The van der Waals surface area contributed by atoms with Crippen LogP contribution < -0.4 is 5.73 Å². The van der Waals surface area contributed by atoms with Gasteiger partial charge in [-0.3, -0.25) is 0 Å². The van der Waals surface area contributed by atoms with E-state index in [1.54, 1.807) is 36.4 Å². The maximum absolute atomic E-state index is 13.0. The molecule has 0 saturated heterocycles. The molecule has 4 N–H and O–H groups in total.